The number of imide groups is 1. The molecule has 2 heterocycles. The van der Waals surface area contributed by atoms with Crippen molar-refractivity contribution < 1.29 is 9.59 Å². The van der Waals surface area contributed by atoms with E-state index in [0.29, 0.717) is 15.9 Å². The van der Waals surface area contributed by atoms with Gasteiger partial charge in [0.15, 0.2) is 5.16 Å². The van der Waals surface area contributed by atoms with Crippen LogP contribution in [0.4, 0.5) is 5.69 Å². The molecule has 0 radical (unpaired) electrons. The van der Waals surface area contributed by atoms with Crippen LogP contribution in [0, 0.1) is 6.92 Å². The van der Waals surface area contributed by atoms with Gasteiger partial charge in [-0.2, -0.15) is 0 Å². The molecule has 2 aliphatic rings. The number of anilines is 1. The average Bonchev–Trinajstić information content (AvgIpc) is 3.07. The van der Waals surface area contributed by atoms with E-state index in [4.69, 9.17) is 21.6 Å². The molecule has 1 aliphatic carbocycles. The fourth-order valence-electron chi connectivity index (χ4n) is 4.37. The van der Waals surface area contributed by atoms with Crippen LogP contribution < -0.4 is 4.90 Å². The van der Waals surface area contributed by atoms with Crippen molar-refractivity contribution in [2.24, 2.45) is 0 Å². The van der Waals surface area contributed by atoms with E-state index in [-0.39, 0.29) is 18.2 Å². The number of thioether (sulfide) groups is 1. The van der Waals surface area contributed by atoms with Crippen molar-refractivity contribution >= 4 is 40.9 Å². The Kier molecular flexibility index (Phi) is 5.74. The van der Waals surface area contributed by atoms with Crippen LogP contribution >= 0.6 is 23.4 Å². The van der Waals surface area contributed by atoms with Crippen LogP contribution in [0.5, 0.6) is 0 Å². The number of carbonyl (C=O) groups is 2. The van der Waals surface area contributed by atoms with Gasteiger partial charge >= 0.3 is 0 Å². The zero-order valence-electron chi connectivity index (χ0n) is 17.7. The van der Waals surface area contributed by atoms with E-state index in [1.165, 1.54) is 22.2 Å². The number of halogens is 1. The van der Waals surface area contributed by atoms with Crippen LogP contribution in [0.15, 0.2) is 53.7 Å². The Morgan fingerprint density at radius 2 is 1.75 bits per heavy atom. The molecular weight excluding hydrogens is 442 g/mol. The van der Waals surface area contributed by atoms with Gasteiger partial charge < -0.3 is 0 Å². The van der Waals surface area contributed by atoms with Crippen molar-refractivity contribution in [3.05, 3.63) is 70.4 Å². The molecule has 0 saturated carbocycles. The van der Waals surface area contributed by atoms with Gasteiger partial charge in [0.2, 0.25) is 11.8 Å². The Morgan fingerprint density at radius 3 is 2.53 bits per heavy atom. The number of rotatable bonds is 4. The molecule has 7 heteroatoms. The number of aryl methyl sites for hydroxylation is 2. The number of hydrogen-bond donors (Lipinski definition) is 0. The lowest BCUT2D eigenvalue weighted by atomic mass is 9.91. The fourth-order valence-corrected chi connectivity index (χ4v) is 5.49. The summed E-state index contributed by atoms with van der Waals surface area (Å²) in [5.74, 6) is -0.451. The van der Waals surface area contributed by atoms with Crippen LogP contribution in [-0.2, 0) is 22.4 Å². The number of fused-ring (bicyclic) bond motifs is 1. The normalized spacial score (nSPS) is 18.2. The molecule has 2 aromatic carbocycles. The van der Waals surface area contributed by atoms with E-state index in [2.05, 4.69) is 19.1 Å². The summed E-state index contributed by atoms with van der Waals surface area (Å²) in [5.41, 5.74) is 6.05. The van der Waals surface area contributed by atoms with E-state index < -0.39 is 5.25 Å². The number of amides is 2. The predicted octanol–water partition coefficient (Wildman–Crippen LogP) is 5.41. The minimum atomic E-state index is -0.537. The second-order valence-corrected chi connectivity index (χ2v) is 9.76. The van der Waals surface area contributed by atoms with E-state index in [1.807, 2.05) is 12.1 Å². The molecule has 3 aromatic rings. The van der Waals surface area contributed by atoms with Gasteiger partial charge in [-0.05, 0) is 62.4 Å². The highest BCUT2D eigenvalue weighted by Crippen LogP contribution is 2.37. The molecule has 162 valence electrons. The minimum absolute atomic E-state index is 0.131. The van der Waals surface area contributed by atoms with Crippen LogP contribution in [-0.4, -0.2) is 27.0 Å². The van der Waals surface area contributed by atoms with Crippen molar-refractivity contribution in [2.45, 2.75) is 49.4 Å². The number of carbonyl (C=O) groups excluding carboxylic acids is 2. The molecule has 2 amide bonds. The first-order valence-electron chi connectivity index (χ1n) is 10.8. The zero-order valence-corrected chi connectivity index (χ0v) is 19.2. The molecule has 1 aliphatic heterocycles. The van der Waals surface area contributed by atoms with Crippen molar-refractivity contribution in [3.63, 3.8) is 0 Å². The van der Waals surface area contributed by atoms with E-state index >= 15 is 0 Å². The molecule has 0 spiro atoms. The molecule has 32 heavy (non-hydrogen) atoms. The standard InChI is InChI=1S/C25H22ClN3O2S/c1-15-6-2-3-7-18(15)23-19-8-4-5-9-20(19)27-25(28-23)32-21-14-22(30)29(24(21)31)17-12-10-16(26)11-13-17/h2-3,6-7,10-13,21H,4-5,8-9,14H2,1H3. The number of hydrogen-bond acceptors (Lipinski definition) is 5. The third kappa shape index (κ3) is 3.93. The van der Waals surface area contributed by atoms with Gasteiger partial charge in [0.25, 0.3) is 0 Å². The molecule has 1 saturated heterocycles. The Morgan fingerprint density at radius 1 is 1.00 bits per heavy atom. The van der Waals surface area contributed by atoms with E-state index in [1.54, 1.807) is 24.3 Å². The topological polar surface area (TPSA) is 63.2 Å². The monoisotopic (exact) mass is 463 g/mol. The lowest BCUT2D eigenvalue weighted by Crippen LogP contribution is -2.31. The van der Waals surface area contributed by atoms with Gasteiger partial charge in [-0.15, -0.1) is 0 Å². The molecule has 1 fully saturated rings. The SMILES string of the molecule is Cc1ccccc1-c1nc(SC2CC(=O)N(c3ccc(Cl)cc3)C2=O)nc2c1CCCC2. The Labute approximate surface area is 196 Å². The van der Waals surface area contributed by atoms with Crippen molar-refractivity contribution in [2.75, 3.05) is 4.90 Å². The first-order valence-corrected chi connectivity index (χ1v) is 12.0. The first-order chi connectivity index (χ1) is 15.5. The summed E-state index contributed by atoms with van der Waals surface area (Å²) in [6.45, 7) is 2.09. The van der Waals surface area contributed by atoms with Gasteiger partial charge in [-0.3, -0.25) is 9.59 Å². The summed E-state index contributed by atoms with van der Waals surface area (Å²) in [4.78, 5) is 36.7. The molecular formula is C25H22ClN3O2S. The van der Waals surface area contributed by atoms with Gasteiger partial charge in [0, 0.05) is 28.3 Å². The molecule has 1 aromatic heterocycles. The Hall–Kier alpha value is -2.70. The number of aromatic nitrogens is 2. The lowest BCUT2D eigenvalue weighted by molar-refractivity contribution is -0.121. The number of benzene rings is 2. The largest absolute Gasteiger partial charge is 0.274 e. The summed E-state index contributed by atoms with van der Waals surface area (Å²) in [6.07, 6.45) is 4.25. The maximum Gasteiger partial charge on any atom is 0.247 e. The van der Waals surface area contributed by atoms with E-state index in [0.717, 1.165) is 48.2 Å². The highest BCUT2D eigenvalue weighted by atomic mass is 35.5. The second-order valence-electron chi connectivity index (χ2n) is 8.16. The van der Waals surface area contributed by atoms with Gasteiger partial charge in [0.1, 0.15) is 5.25 Å². The highest BCUT2D eigenvalue weighted by molar-refractivity contribution is 8.00. The van der Waals surface area contributed by atoms with Gasteiger partial charge in [-0.1, -0.05) is 47.6 Å². The highest BCUT2D eigenvalue weighted by Gasteiger charge is 2.41. The maximum atomic E-state index is 13.1. The van der Waals surface area contributed by atoms with Gasteiger partial charge in [-0.25, -0.2) is 14.9 Å². The fraction of sp³-hybridized carbons (Fsp3) is 0.280. The molecule has 0 bridgehead atoms. The van der Waals surface area contributed by atoms with Crippen LogP contribution in [0.2, 0.25) is 5.02 Å². The third-order valence-electron chi connectivity index (χ3n) is 6.00. The molecule has 5 nitrogen and oxygen atoms in total. The molecule has 1 unspecified atom stereocenters. The van der Waals surface area contributed by atoms with Crippen molar-refractivity contribution in [1.82, 2.24) is 9.97 Å². The molecule has 0 N–H and O–H groups in total. The second kappa shape index (κ2) is 8.68. The lowest BCUT2D eigenvalue weighted by Gasteiger charge is -2.20. The van der Waals surface area contributed by atoms with Crippen LogP contribution in [0.3, 0.4) is 0 Å². The minimum Gasteiger partial charge on any atom is -0.274 e. The van der Waals surface area contributed by atoms with Gasteiger partial charge in [0.05, 0.1) is 11.4 Å². The van der Waals surface area contributed by atoms with Crippen molar-refractivity contribution in [3.8, 4) is 11.3 Å². The average molecular weight is 464 g/mol. The summed E-state index contributed by atoms with van der Waals surface area (Å²) in [5, 5.41) is 0.586. The quantitative estimate of drug-likeness (QED) is 0.382. The van der Waals surface area contributed by atoms with E-state index in [9.17, 15) is 9.59 Å². The first kappa shape index (κ1) is 21.2. The smallest absolute Gasteiger partial charge is 0.247 e. The van der Waals surface area contributed by atoms with Crippen molar-refractivity contribution in [1.29, 1.82) is 0 Å². The molecule has 5 rings (SSSR count). The summed E-state index contributed by atoms with van der Waals surface area (Å²) in [6, 6.07) is 15.0. The predicted molar refractivity (Wildman–Crippen MR) is 127 cm³/mol. The summed E-state index contributed by atoms with van der Waals surface area (Å²) >= 11 is 7.24. The Balaban J connectivity index is 1.47. The summed E-state index contributed by atoms with van der Waals surface area (Å²) < 4.78 is 0. The molecule has 1 atom stereocenters. The summed E-state index contributed by atoms with van der Waals surface area (Å²) in [7, 11) is 0. The maximum absolute atomic E-state index is 13.1. The Bertz CT molecular complexity index is 1210. The van der Waals surface area contributed by atoms with Crippen LogP contribution in [0.1, 0.15) is 36.1 Å². The number of nitrogens with zero attached hydrogens (tertiary/aromatic N) is 3. The zero-order chi connectivity index (χ0) is 22.2. The van der Waals surface area contributed by atoms with Crippen LogP contribution in [0.25, 0.3) is 11.3 Å². The third-order valence-corrected chi connectivity index (χ3v) is 7.30.